The van der Waals surface area contributed by atoms with Crippen molar-refractivity contribution in [2.24, 2.45) is 0 Å². The fourth-order valence-corrected chi connectivity index (χ4v) is 2.76. The zero-order chi connectivity index (χ0) is 23.0. The van der Waals surface area contributed by atoms with E-state index in [4.69, 9.17) is 13.6 Å². The van der Waals surface area contributed by atoms with Gasteiger partial charge >= 0.3 is 20.7 Å². The van der Waals surface area contributed by atoms with Crippen LogP contribution in [0, 0.1) is 6.92 Å². The number of carbonyl (C=O) groups is 2. The van der Waals surface area contributed by atoms with Gasteiger partial charge in [-0.25, -0.2) is 0 Å². The van der Waals surface area contributed by atoms with E-state index in [9.17, 15) is 22.8 Å². The van der Waals surface area contributed by atoms with Crippen LogP contribution in [-0.4, -0.2) is 38.9 Å². The van der Waals surface area contributed by atoms with Gasteiger partial charge in [0.25, 0.3) is 6.47 Å². The van der Waals surface area contributed by atoms with Crippen molar-refractivity contribution in [1.82, 2.24) is 0 Å². The molecule has 0 radical (unpaired) electrons. The van der Waals surface area contributed by atoms with Crippen LogP contribution in [-0.2, 0) is 34.1 Å². The predicted molar refractivity (Wildman–Crippen MR) is 105 cm³/mol. The molecule has 0 saturated heterocycles. The molecule has 0 heterocycles. The Hall–Kier alpha value is -1.74. The monoisotopic (exact) mass is 456 g/mol. The predicted octanol–water partition coefficient (Wildman–Crippen LogP) is 5.20. The molecule has 0 aliphatic rings. The Bertz CT molecular complexity index is 621. The summed E-state index contributed by atoms with van der Waals surface area (Å²) in [6, 6.07) is 3.03. The van der Waals surface area contributed by atoms with E-state index in [0.717, 1.165) is 31.9 Å². The zero-order valence-corrected chi connectivity index (χ0v) is 18.4. The maximum absolute atomic E-state index is 12.3. The third-order valence-corrected chi connectivity index (χ3v) is 4.49. The first-order chi connectivity index (χ1) is 14.1. The summed E-state index contributed by atoms with van der Waals surface area (Å²) in [6.07, 6.45) is -2.81. The summed E-state index contributed by atoms with van der Waals surface area (Å²) < 4.78 is 61.9. The molecule has 1 rings (SSSR count). The largest absolute Gasteiger partial charge is 0.468 e. The van der Waals surface area contributed by atoms with Gasteiger partial charge in [-0.3, -0.25) is 9.59 Å². The van der Waals surface area contributed by atoms with Crippen LogP contribution in [0.4, 0.5) is 13.2 Å². The number of unbranched alkanes of at least 4 members (excludes halogenated alkanes) is 1. The average molecular weight is 456 g/mol. The number of ether oxygens (including phenoxy) is 2. The lowest BCUT2D eigenvalue weighted by molar-refractivity contribution is -0.138. The van der Waals surface area contributed by atoms with Gasteiger partial charge in [-0.1, -0.05) is 6.07 Å². The van der Waals surface area contributed by atoms with E-state index in [2.05, 4.69) is 9.47 Å². The van der Waals surface area contributed by atoms with Crippen LogP contribution in [0.25, 0.3) is 0 Å². The Morgan fingerprint density at radius 1 is 1.07 bits per heavy atom. The van der Waals surface area contributed by atoms with Gasteiger partial charge < -0.3 is 23.0 Å². The second-order valence-corrected chi connectivity index (χ2v) is 6.86. The molecule has 0 saturated carbocycles. The highest BCUT2D eigenvalue weighted by molar-refractivity contribution is 7.41. The summed E-state index contributed by atoms with van der Waals surface area (Å²) in [7, 11) is -1.20. The Morgan fingerprint density at radius 3 is 2.17 bits per heavy atom. The molecule has 1 aromatic rings. The molecule has 7 nitrogen and oxygen atoms in total. The number of aryl methyl sites for hydroxylation is 1. The Balaban J connectivity index is 0.000000561. The van der Waals surface area contributed by atoms with Crippen molar-refractivity contribution < 1.29 is 45.8 Å². The molecule has 0 atom stereocenters. The lowest BCUT2D eigenvalue weighted by Crippen LogP contribution is -2.08. The minimum Gasteiger partial charge on any atom is -0.468 e. The van der Waals surface area contributed by atoms with E-state index in [1.807, 2.05) is 13.8 Å². The van der Waals surface area contributed by atoms with Gasteiger partial charge in [-0.05, 0) is 51.3 Å². The number of halogens is 3. The molecule has 30 heavy (non-hydrogen) atoms. The maximum Gasteiger partial charge on any atom is 0.416 e. The number of esters is 1. The number of alkyl halides is 3. The fourth-order valence-electron chi connectivity index (χ4n) is 1.84. The van der Waals surface area contributed by atoms with E-state index >= 15 is 0 Å². The lowest BCUT2D eigenvalue weighted by Gasteiger charge is -2.14. The molecular formula is C19H28F3O7P. The summed E-state index contributed by atoms with van der Waals surface area (Å²) in [5, 5.41) is 0. The van der Waals surface area contributed by atoms with Gasteiger partial charge in [0.2, 0.25) is 0 Å². The summed E-state index contributed by atoms with van der Waals surface area (Å²) in [5.74, 6) is -0.699. The minimum atomic E-state index is -4.43. The van der Waals surface area contributed by atoms with Gasteiger partial charge in [0.1, 0.15) is 5.75 Å². The van der Waals surface area contributed by atoms with Gasteiger partial charge in [0, 0.05) is 6.92 Å². The van der Waals surface area contributed by atoms with Crippen molar-refractivity contribution in [3.05, 3.63) is 29.3 Å². The first-order valence-corrected chi connectivity index (χ1v) is 10.4. The van der Waals surface area contributed by atoms with Gasteiger partial charge in [0.05, 0.1) is 32.0 Å². The van der Waals surface area contributed by atoms with E-state index in [1.165, 1.54) is 6.07 Å². The highest BCUT2D eigenvalue weighted by Gasteiger charge is 2.31. The number of carbonyl (C=O) groups excluding carboxylic acids is 2. The number of hydrogen-bond donors (Lipinski definition) is 0. The summed E-state index contributed by atoms with van der Waals surface area (Å²) in [5.41, 5.74) is -0.345. The molecule has 0 spiro atoms. The molecule has 0 bridgehead atoms. The van der Waals surface area contributed by atoms with Crippen molar-refractivity contribution in [1.29, 1.82) is 0 Å². The molecule has 0 unspecified atom stereocenters. The van der Waals surface area contributed by atoms with E-state index in [1.54, 1.807) is 6.92 Å². The maximum atomic E-state index is 12.3. The highest BCUT2D eigenvalue weighted by Crippen LogP contribution is 2.39. The standard InChI is InChI=1S/C10H9F3O2.C9H19O5P/c1-6-3-4-8(10(11,12)13)5-9(6)15-7(2)14;1-3-12-15(13-4-2)14-8-6-5-7-11-9-10/h3-5H,1-2H3;9H,3-8H2,1-2H3. The first-order valence-electron chi connectivity index (χ1n) is 9.26. The number of hydrogen-bond acceptors (Lipinski definition) is 7. The minimum absolute atomic E-state index is 0.0580. The highest BCUT2D eigenvalue weighted by atomic mass is 31.2. The normalized spacial score (nSPS) is 10.9. The van der Waals surface area contributed by atoms with Crippen molar-refractivity contribution in [3.63, 3.8) is 0 Å². The van der Waals surface area contributed by atoms with Crippen LogP contribution in [0.1, 0.15) is 44.7 Å². The second-order valence-electron chi connectivity index (χ2n) is 5.64. The third-order valence-electron chi connectivity index (χ3n) is 3.16. The number of benzene rings is 1. The Kier molecular flexibility index (Phi) is 15.1. The molecule has 0 aliphatic heterocycles. The molecule has 1 aromatic carbocycles. The van der Waals surface area contributed by atoms with Crippen molar-refractivity contribution in [2.45, 2.75) is 46.7 Å². The second kappa shape index (κ2) is 16.0. The molecule has 0 N–H and O–H groups in total. The fraction of sp³-hybridized carbons (Fsp3) is 0.579. The van der Waals surface area contributed by atoms with Gasteiger partial charge in [0.15, 0.2) is 0 Å². The molecule has 0 aliphatic carbocycles. The molecule has 0 fully saturated rings. The van der Waals surface area contributed by atoms with Crippen molar-refractivity contribution in [3.8, 4) is 5.75 Å². The summed E-state index contributed by atoms with van der Waals surface area (Å²) >= 11 is 0. The average Bonchev–Trinajstić information content (AvgIpc) is 2.66. The quantitative estimate of drug-likeness (QED) is 0.141. The molecule has 172 valence electrons. The smallest absolute Gasteiger partial charge is 0.416 e. The van der Waals surface area contributed by atoms with Crippen LogP contribution < -0.4 is 4.74 Å². The van der Waals surface area contributed by atoms with E-state index < -0.39 is 26.3 Å². The Labute approximate surface area is 175 Å². The summed E-state index contributed by atoms with van der Waals surface area (Å²) in [4.78, 5) is 20.4. The Morgan fingerprint density at radius 2 is 1.67 bits per heavy atom. The third kappa shape index (κ3) is 13.5. The zero-order valence-electron chi connectivity index (χ0n) is 17.5. The van der Waals surface area contributed by atoms with Crippen LogP contribution in [0.15, 0.2) is 18.2 Å². The van der Waals surface area contributed by atoms with Crippen LogP contribution in [0.5, 0.6) is 5.75 Å². The van der Waals surface area contributed by atoms with Gasteiger partial charge in [-0.2, -0.15) is 13.2 Å². The van der Waals surface area contributed by atoms with Crippen LogP contribution in [0.2, 0.25) is 0 Å². The molecule has 0 aromatic heterocycles. The first kappa shape index (κ1) is 28.3. The molecular weight excluding hydrogens is 428 g/mol. The molecule has 11 heteroatoms. The molecule has 0 amide bonds. The lowest BCUT2D eigenvalue weighted by atomic mass is 10.1. The van der Waals surface area contributed by atoms with E-state index in [0.29, 0.717) is 38.5 Å². The van der Waals surface area contributed by atoms with Gasteiger partial charge in [-0.15, -0.1) is 0 Å². The van der Waals surface area contributed by atoms with E-state index in [-0.39, 0.29) is 5.75 Å². The SMILES string of the molecule is CC(=O)Oc1cc(C(F)(F)F)ccc1C.CCOP(OCC)OCCCCOC=O. The topological polar surface area (TPSA) is 80.3 Å². The summed E-state index contributed by atoms with van der Waals surface area (Å²) in [6.45, 7) is 9.12. The van der Waals surface area contributed by atoms with Crippen LogP contribution in [0.3, 0.4) is 0 Å². The number of rotatable bonds is 12. The van der Waals surface area contributed by atoms with Crippen molar-refractivity contribution in [2.75, 3.05) is 26.4 Å². The van der Waals surface area contributed by atoms with Crippen LogP contribution >= 0.6 is 8.60 Å². The van der Waals surface area contributed by atoms with Crippen molar-refractivity contribution >= 4 is 21.0 Å².